The monoisotopic (exact) mass is 234 g/mol. The molecule has 1 aliphatic rings. The summed E-state index contributed by atoms with van der Waals surface area (Å²) < 4.78 is 23.7. The summed E-state index contributed by atoms with van der Waals surface area (Å²) in [6.07, 6.45) is 0. The number of rotatable bonds is 1. The summed E-state index contributed by atoms with van der Waals surface area (Å²) in [5.41, 5.74) is 1.35. The van der Waals surface area contributed by atoms with Gasteiger partial charge < -0.3 is 14.2 Å². The first kappa shape index (κ1) is 10.4. The van der Waals surface area contributed by atoms with Crippen molar-refractivity contribution in [3.63, 3.8) is 0 Å². The number of fused-ring (bicyclic) bond motifs is 1. The van der Waals surface area contributed by atoms with Crippen molar-refractivity contribution in [1.82, 2.24) is 10.1 Å². The van der Waals surface area contributed by atoms with E-state index in [0.717, 1.165) is 0 Å². The molecule has 0 saturated carbocycles. The zero-order valence-corrected chi connectivity index (χ0v) is 8.98. The molecule has 0 amide bonds. The fraction of sp³-hybridized carbons (Fsp3) is 0.200. The topological polar surface area (TPSA) is 68.4 Å². The van der Waals surface area contributed by atoms with E-state index in [1.165, 1.54) is 12.1 Å². The molecule has 0 spiro atoms. The Morgan fingerprint density at radius 3 is 3.00 bits per heavy atom. The van der Waals surface area contributed by atoms with Gasteiger partial charge in [0.25, 0.3) is 5.89 Å². The van der Waals surface area contributed by atoms with Crippen LogP contribution in [0.5, 0.6) is 0 Å². The SMILES string of the molecule is Cc1noc(-c2cc3c(cc2F)COB3O)n1. The molecule has 1 aromatic carbocycles. The van der Waals surface area contributed by atoms with Gasteiger partial charge in [-0.2, -0.15) is 4.98 Å². The number of hydrogen-bond acceptors (Lipinski definition) is 5. The maximum atomic E-state index is 13.8. The zero-order chi connectivity index (χ0) is 12.0. The van der Waals surface area contributed by atoms with Crippen LogP contribution >= 0.6 is 0 Å². The van der Waals surface area contributed by atoms with Crippen molar-refractivity contribution in [2.24, 2.45) is 0 Å². The third-order valence-electron chi connectivity index (χ3n) is 2.65. The van der Waals surface area contributed by atoms with E-state index >= 15 is 0 Å². The van der Waals surface area contributed by atoms with Crippen LogP contribution in [0.1, 0.15) is 11.4 Å². The third kappa shape index (κ3) is 1.63. The average molecular weight is 234 g/mol. The summed E-state index contributed by atoms with van der Waals surface area (Å²) in [6, 6.07) is 2.80. The Kier molecular flexibility index (Phi) is 2.24. The number of aryl methyl sites for hydroxylation is 1. The molecule has 0 fully saturated rings. The van der Waals surface area contributed by atoms with Crippen molar-refractivity contribution in [3.8, 4) is 11.5 Å². The number of hydrogen-bond donors (Lipinski definition) is 1. The quantitative estimate of drug-likeness (QED) is 0.723. The lowest BCUT2D eigenvalue weighted by atomic mass is 9.78. The summed E-state index contributed by atoms with van der Waals surface area (Å²) in [6.45, 7) is 1.85. The van der Waals surface area contributed by atoms with Crippen LogP contribution in [-0.2, 0) is 11.3 Å². The van der Waals surface area contributed by atoms with Gasteiger partial charge in [0.15, 0.2) is 5.82 Å². The van der Waals surface area contributed by atoms with E-state index in [-0.39, 0.29) is 18.1 Å². The first-order valence-electron chi connectivity index (χ1n) is 5.08. The second-order valence-electron chi connectivity index (χ2n) is 3.84. The molecule has 5 nitrogen and oxygen atoms in total. The summed E-state index contributed by atoms with van der Waals surface area (Å²) >= 11 is 0. The van der Waals surface area contributed by atoms with Crippen LogP contribution in [0.4, 0.5) is 4.39 Å². The number of halogens is 1. The van der Waals surface area contributed by atoms with Gasteiger partial charge in [0, 0.05) is 0 Å². The molecule has 0 unspecified atom stereocenters. The average Bonchev–Trinajstić information content (AvgIpc) is 2.85. The molecule has 0 radical (unpaired) electrons. The van der Waals surface area contributed by atoms with Crippen LogP contribution in [0.25, 0.3) is 11.5 Å². The highest BCUT2D eigenvalue weighted by Crippen LogP contribution is 2.23. The number of benzene rings is 1. The molecule has 3 rings (SSSR count). The van der Waals surface area contributed by atoms with E-state index in [2.05, 4.69) is 10.1 Å². The van der Waals surface area contributed by atoms with Crippen LogP contribution in [0.3, 0.4) is 0 Å². The van der Waals surface area contributed by atoms with Gasteiger partial charge in [-0.1, -0.05) is 5.16 Å². The van der Waals surface area contributed by atoms with Crippen LogP contribution in [0.15, 0.2) is 16.7 Å². The summed E-state index contributed by atoms with van der Waals surface area (Å²) in [7, 11) is -1.02. The normalized spacial score (nSPS) is 14.2. The first-order chi connectivity index (χ1) is 8.15. The minimum absolute atomic E-state index is 0.0990. The molecule has 86 valence electrons. The number of aromatic nitrogens is 2. The van der Waals surface area contributed by atoms with Crippen molar-refractivity contribution in [2.45, 2.75) is 13.5 Å². The van der Waals surface area contributed by atoms with Gasteiger partial charge in [-0.15, -0.1) is 0 Å². The lowest BCUT2D eigenvalue weighted by Crippen LogP contribution is -2.28. The van der Waals surface area contributed by atoms with Crippen LogP contribution in [-0.4, -0.2) is 22.3 Å². The van der Waals surface area contributed by atoms with Gasteiger partial charge in [-0.3, -0.25) is 0 Å². The minimum atomic E-state index is -1.02. The van der Waals surface area contributed by atoms with Gasteiger partial charge in [0.2, 0.25) is 0 Å². The predicted molar refractivity (Wildman–Crippen MR) is 56.8 cm³/mol. The predicted octanol–water partition coefficient (Wildman–Crippen LogP) is 0.402. The smallest absolute Gasteiger partial charge is 0.423 e. The Balaban J connectivity index is 2.15. The second-order valence-corrected chi connectivity index (χ2v) is 3.84. The lowest BCUT2D eigenvalue weighted by molar-refractivity contribution is 0.275. The minimum Gasteiger partial charge on any atom is -0.423 e. The van der Waals surface area contributed by atoms with Crippen LogP contribution in [0, 0.1) is 12.7 Å². The molecule has 17 heavy (non-hydrogen) atoms. The van der Waals surface area contributed by atoms with Gasteiger partial charge in [0.1, 0.15) is 5.82 Å². The Labute approximate surface area is 96.4 Å². The molecule has 0 aliphatic carbocycles. The largest absolute Gasteiger partial charge is 0.491 e. The molecule has 1 aliphatic heterocycles. The van der Waals surface area contributed by atoms with E-state index in [1.807, 2.05) is 0 Å². The Bertz CT molecular complexity index is 587. The number of nitrogens with zero attached hydrogens (tertiary/aromatic N) is 2. The highest BCUT2D eigenvalue weighted by Gasteiger charge is 2.29. The second kappa shape index (κ2) is 3.64. The maximum absolute atomic E-state index is 13.8. The Morgan fingerprint density at radius 1 is 1.47 bits per heavy atom. The van der Waals surface area contributed by atoms with Crippen molar-refractivity contribution in [2.75, 3.05) is 0 Å². The standard InChI is InChI=1S/C10H8BFN2O3/c1-5-13-10(17-14-5)7-3-8-6(2-9(7)12)4-16-11(8)15/h2-3,15H,4H2,1H3. The molecular formula is C10H8BFN2O3. The van der Waals surface area contributed by atoms with Crippen molar-refractivity contribution in [3.05, 3.63) is 29.3 Å². The lowest BCUT2D eigenvalue weighted by Gasteiger charge is -2.02. The fourth-order valence-corrected chi connectivity index (χ4v) is 1.81. The summed E-state index contributed by atoms with van der Waals surface area (Å²) in [5.74, 6) is 0.0590. The molecule has 2 heterocycles. The molecule has 2 aromatic rings. The van der Waals surface area contributed by atoms with E-state index < -0.39 is 12.9 Å². The Morgan fingerprint density at radius 2 is 2.29 bits per heavy atom. The fourth-order valence-electron chi connectivity index (χ4n) is 1.81. The van der Waals surface area contributed by atoms with E-state index in [1.54, 1.807) is 6.92 Å². The van der Waals surface area contributed by atoms with Gasteiger partial charge in [0.05, 0.1) is 12.2 Å². The van der Waals surface area contributed by atoms with Gasteiger partial charge >= 0.3 is 7.12 Å². The van der Waals surface area contributed by atoms with E-state index in [4.69, 9.17) is 9.18 Å². The Hall–Kier alpha value is -1.73. The highest BCUT2D eigenvalue weighted by molar-refractivity contribution is 6.61. The van der Waals surface area contributed by atoms with E-state index in [9.17, 15) is 9.41 Å². The van der Waals surface area contributed by atoms with Gasteiger partial charge in [-0.25, -0.2) is 4.39 Å². The highest BCUT2D eigenvalue weighted by atomic mass is 19.1. The molecule has 7 heteroatoms. The third-order valence-corrected chi connectivity index (χ3v) is 2.65. The van der Waals surface area contributed by atoms with Crippen LogP contribution in [0.2, 0.25) is 0 Å². The molecule has 0 atom stereocenters. The first-order valence-corrected chi connectivity index (χ1v) is 5.08. The molecule has 0 bridgehead atoms. The van der Waals surface area contributed by atoms with E-state index in [0.29, 0.717) is 16.9 Å². The van der Waals surface area contributed by atoms with Crippen molar-refractivity contribution in [1.29, 1.82) is 0 Å². The van der Waals surface area contributed by atoms with Gasteiger partial charge in [-0.05, 0) is 30.1 Å². The zero-order valence-electron chi connectivity index (χ0n) is 8.98. The maximum Gasteiger partial charge on any atom is 0.491 e. The molecule has 1 aromatic heterocycles. The van der Waals surface area contributed by atoms with Crippen molar-refractivity contribution >= 4 is 12.6 Å². The molecular weight excluding hydrogens is 226 g/mol. The summed E-state index contributed by atoms with van der Waals surface area (Å²) in [5, 5.41) is 13.1. The molecule has 1 N–H and O–H groups in total. The van der Waals surface area contributed by atoms with Crippen molar-refractivity contribution < 1.29 is 18.6 Å². The van der Waals surface area contributed by atoms with Crippen LogP contribution < -0.4 is 5.46 Å². The summed E-state index contributed by atoms with van der Waals surface area (Å²) in [4.78, 5) is 3.95. The molecule has 0 saturated heterocycles.